The molecule has 0 N–H and O–H groups in total. The zero-order chi connectivity index (χ0) is 15.4. The van der Waals surface area contributed by atoms with Gasteiger partial charge >= 0.3 is 12.1 Å². The van der Waals surface area contributed by atoms with E-state index in [0.717, 1.165) is 12.3 Å². The number of hydrogen-bond acceptors (Lipinski definition) is 4. The van der Waals surface area contributed by atoms with Gasteiger partial charge in [-0.3, -0.25) is 4.79 Å². The molecule has 1 aromatic rings. The fourth-order valence-electron chi connectivity index (χ4n) is 1.26. The predicted octanol–water partition coefficient (Wildman–Crippen LogP) is 3.92. The maximum absolute atomic E-state index is 12.3. The van der Waals surface area contributed by atoms with Gasteiger partial charge in [-0.2, -0.15) is 13.2 Å². The third-order valence-corrected chi connectivity index (χ3v) is 2.99. The van der Waals surface area contributed by atoms with Gasteiger partial charge in [0.15, 0.2) is 0 Å². The number of halogens is 3. The summed E-state index contributed by atoms with van der Waals surface area (Å²) >= 11 is 1.21. The first kappa shape index (κ1) is 16.8. The van der Waals surface area contributed by atoms with Crippen molar-refractivity contribution in [1.29, 1.82) is 0 Å². The second kappa shape index (κ2) is 6.47. The molecule has 20 heavy (non-hydrogen) atoms. The molecule has 1 heterocycles. The molecule has 0 radical (unpaired) electrons. The smallest absolute Gasteiger partial charge is 0.417 e. The molecular weight excluding hydrogens is 291 g/mol. The van der Waals surface area contributed by atoms with Crippen LogP contribution in [0.4, 0.5) is 13.2 Å². The lowest BCUT2D eigenvalue weighted by Gasteiger charge is -2.19. The third-order valence-electron chi connectivity index (χ3n) is 2.04. The molecule has 0 aliphatic heterocycles. The van der Waals surface area contributed by atoms with Crippen molar-refractivity contribution in [2.75, 3.05) is 5.75 Å². The Morgan fingerprint density at radius 3 is 2.40 bits per heavy atom. The van der Waals surface area contributed by atoms with Gasteiger partial charge in [-0.1, -0.05) is 0 Å². The maximum Gasteiger partial charge on any atom is 0.417 e. The number of ether oxygens (including phenoxy) is 1. The largest absolute Gasteiger partial charge is 0.460 e. The van der Waals surface area contributed by atoms with Crippen LogP contribution in [0, 0.1) is 0 Å². The van der Waals surface area contributed by atoms with Gasteiger partial charge in [-0.05, 0) is 32.9 Å². The van der Waals surface area contributed by atoms with E-state index < -0.39 is 17.3 Å². The van der Waals surface area contributed by atoms with Crippen LogP contribution in [0.1, 0.15) is 32.8 Å². The molecule has 0 fully saturated rings. The van der Waals surface area contributed by atoms with Crippen molar-refractivity contribution in [3.63, 3.8) is 0 Å². The molecule has 0 saturated carbocycles. The first-order valence-corrected chi connectivity index (χ1v) is 6.94. The molecule has 0 aliphatic carbocycles. The van der Waals surface area contributed by atoms with Crippen molar-refractivity contribution in [3.8, 4) is 0 Å². The summed E-state index contributed by atoms with van der Waals surface area (Å²) in [5.74, 6) is 0.0738. The number of alkyl halides is 3. The van der Waals surface area contributed by atoms with E-state index >= 15 is 0 Å². The minimum atomic E-state index is -4.38. The third kappa shape index (κ3) is 6.27. The number of esters is 1. The Balaban J connectivity index is 2.42. The Labute approximate surface area is 119 Å². The van der Waals surface area contributed by atoms with Crippen molar-refractivity contribution in [2.24, 2.45) is 0 Å². The van der Waals surface area contributed by atoms with Crippen LogP contribution in [0.3, 0.4) is 0 Å². The highest BCUT2D eigenvalue weighted by atomic mass is 32.2. The molecule has 1 rings (SSSR count). The van der Waals surface area contributed by atoms with Crippen LogP contribution in [-0.2, 0) is 15.7 Å². The monoisotopic (exact) mass is 307 g/mol. The molecule has 0 amide bonds. The highest BCUT2D eigenvalue weighted by Crippen LogP contribution is 2.29. The number of carbonyl (C=O) groups is 1. The lowest BCUT2D eigenvalue weighted by atomic mass is 10.2. The van der Waals surface area contributed by atoms with Crippen LogP contribution in [0.15, 0.2) is 23.4 Å². The topological polar surface area (TPSA) is 39.2 Å². The molecule has 0 aromatic carbocycles. The molecule has 3 nitrogen and oxygen atoms in total. The van der Waals surface area contributed by atoms with Crippen LogP contribution in [-0.4, -0.2) is 22.3 Å². The quantitative estimate of drug-likeness (QED) is 0.624. The summed E-state index contributed by atoms with van der Waals surface area (Å²) in [5, 5.41) is 0.446. The number of hydrogen-bond donors (Lipinski definition) is 0. The number of nitrogens with zero attached hydrogens (tertiary/aromatic N) is 1. The molecule has 7 heteroatoms. The lowest BCUT2D eigenvalue weighted by Crippen LogP contribution is -2.24. The van der Waals surface area contributed by atoms with E-state index in [2.05, 4.69) is 4.98 Å². The summed E-state index contributed by atoms with van der Waals surface area (Å²) in [5.41, 5.74) is -1.32. The van der Waals surface area contributed by atoms with E-state index in [1.54, 1.807) is 20.8 Å². The SMILES string of the molecule is CC(C)(C)OC(=O)CCSc1ccc(C(F)(F)F)cn1. The molecule has 1 aromatic heterocycles. The van der Waals surface area contributed by atoms with E-state index in [9.17, 15) is 18.0 Å². The van der Waals surface area contributed by atoms with Gasteiger partial charge in [0.25, 0.3) is 0 Å². The zero-order valence-electron chi connectivity index (χ0n) is 11.5. The number of thioether (sulfide) groups is 1. The second-order valence-electron chi connectivity index (χ2n) is 5.07. The molecular formula is C13H16F3NO2S. The Morgan fingerprint density at radius 1 is 1.30 bits per heavy atom. The lowest BCUT2D eigenvalue weighted by molar-refractivity contribution is -0.154. The van der Waals surface area contributed by atoms with Gasteiger partial charge < -0.3 is 4.74 Å². The van der Waals surface area contributed by atoms with Gasteiger partial charge in [0.05, 0.1) is 17.0 Å². The van der Waals surface area contributed by atoms with Crippen molar-refractivity contribution < 1.29 is 22.7 Å². The maximum atomic E-state index is 12.3. The van der Waals surface area contributed by atoms with Crippen LogP contribution < -0.4 is 0 Å². The van der Waals surface area contributed by atoms with Crippen molar-refractivity contribution in [2.45, 2.75) is 44.0 Å². The van der Waals surface area contributed by atoms with E-state index in [0.29, 0.717) is 10.8 Å². The van der Waals surface area contributed by atoms with Gasteiger partial charge in [0.1, 0.15) is 5.60 Å². The minimum Gasteiger partial charge on any atom is -0.460 e. The highest BCUT2D eigenvalue weighted by Gasteiger charge is 2.30. The van der Waals surface area contributed by atoms with Gasteiger partial charge in [0, 0.05) is 11.9 Å². The van der Waals surface area contributed by atoms with E-state index in [4.69, 9.17) is 4.74 Å². The second-order valence-corrected chi connectivity index (χ2v) is 6.18. The number of pyridine rings is 1. The molecule has 0 spiro atoms. The Bertz CT molecular complexity index is 452. The molecule has 0 unspecified atom stereocenters. The standard InChI is InChI=1S/C13H16F3NO2S/c1-12(2,3)19-11(18)6-7-20-10-5-4-9(8-17-10)13(14,15)16/h4-5,8H,6-7H2,1-3H3. The fraction of sp³-hybridized carbons (Fsp3) is 0.538. The Kier molecular flexibility index (Phi) is 5.44. The summed E-state index contributed by atoms with van der Waals surface area (Å²) in [6, 6.07) is 2.27. The van der Waals surface area contributed by atoms with Gasteiger partial charge in [-0.15, -0.1) is 11.8 Å². The van der Waals surface area contributed by atoms with Crippen LogP contribution in [0.2, 0.25) is 0 Å². The first-order valence-electron chi connectivity index (χ1n) is 5.96. The van der Waals surface area contributed by atoms with Crippen LogP contribution in [0.25, 0.3) is 0 Å². The summed E-state index contributed by atoms with van der Waals surface area (Å²) in [4.78, 5) is 15.1. The Morgan fingerprint density at radius 2 is 1.95 bits per heavy atom. The summed E-state index contributed by atoms with van der Waals surface area (Å²) in [6.07, 6.45) is -3.41. The van der Waals surface area contributed by atoms with Crippen LogP contribution >= 0.6 is 11.8 Å². The molecule has 0 aliphatic rings. The number of aromatic nitrogens is 1. The van der Waals surface area contributed by atoms with Gasteiger partial charge in [-0.25, -0.2) is 4.98 Å². The van der Waals surface area contributed by atoms with E-state index in [1.807, 2.05) is 0 Å². The van der Waals surface area contributed by atoms with Gasteiger partial charge in [0.2, 0.25) is 0 Å². The normalized spacial score (nSPS) is 12.3. The predicted molar refractivity (Wildman–Crippen MR) is 70.4 cm³/mol. The molecule has 112 valence electrons. The molecule has 0 atom stereocenters. The Hall–Kier alpha value is -1.24. The zero-order valence-corrected chi connectivity index (χ0v) is 12.3. The van der Waals surface area contributed by atoms with Crippen molar-refractivity contribution >= 4 is 17.7 Å². The van der Waals surface area contributed by atoms with E-state index in [-0.39, 0.29) is 12.4 Å². The van der Waals surface area contributed by atoms with Crippen molar-refractivity contribution in [3.05, 3.63) is 23.9 Å². The van der Waals surface area contributed by atoms with E-state index in [1.165, 1.54) is 17.8 Å². The summed E-state index contributed by atoms with van der Waals surface area (Å²) < 4.78 is 42.1. The van der Waals surface area contributed by atoms with Crippen molar-refractivity contribution in [1.82, 2.24) is 4.98 Å². The minimum absolute atomic E-state index is 0.185. The summed E-state index contributed by atoms with van der Waals surface area (Å²) in [7, 11) is 0. The number of rotatable bonds is 4. The van der Waals surface area contributed by atoms with Crippen LogP contribution in [0.5, 0.6) is 0 Å². The highest BCUT2D eigenvalue weighted by molar-refractivity contribution is 7.99. The molecule has 0 bridgehead atoms. The number of carbonyl (C=O) groups excluding carboxylic acids is 1. The summed E-state index contributed by atoms with van der Waals surface area (Å²) in [6.45, 7) is 5.32. The molecule has 0 saturated heterocycles. The first-order chi connectivity index (χ1) is 9.08. The average Bonchev–Trinajstić information content (AvgIpc) is 2.26. The fourth-order valence-corrected chi connectivity index (χ4v) is 2.03. The average molecular weight is 307 g/mol.